The monoisotopic (exact) mass is 279 g/mol. The van der Waals surface area contributed by atoms with E-state index in [9.17, 15) is 0 Å². The molecule has 6 nitrogen and oxygen atoms in total. The number of ether oxygens (including phenoxy) is 1. The Balaban J connectivity index is 1.89. The van der Waals surface area contributed by atoms with E-state index >= 15 is 0 Å². The predicted octanol–water partition coefficient (Wildman–Crippen LogP) is 2.69. The maximum absolute atomic E-state index is 5.10. The van der Waals surface area contributed by atoms with E-state index in [0.717, 1.165) is 11.3 Å². The van der Waals surface area contributed by atoms with Gasteiger partial charge in [-0.3, -0.25) is 0 Å². The van der Waals surface area contributed by atoms with Gasteiger partial charge in [0, 0.05) is 23.5 Å². The molecule has 3 aromatic rings. The first-order valence-electron chi connectivity index (χ1n) is 6.37. The van der Waals surface area contributed by atoms with Crippen LogP contribution in [0, 0.1) is 0 Å². The topological polar surface area (TPSA) is 72.8 Å². The largest absolute Gasteiger partial charge is 0.481 e. The molecule has 1 N–H and O–H groups in total. The van der Waals surface area contributed by atoms with Gasteiger partial charge in [-0.05, 0) is 18.2 Å². The first-order valence-corrected chi connectivity index (χ1v) is 6.37. The molecule has 6 heteroatoms. The summed E-state index contributed by atoms with van der Waals surface area (Å²) >= 11 is 0. The van der Waals surface area contributed by atoms with Crippen molar-refractivity contribution in [2.45, 2.75) is 0 Å². The molecule has 0 saturated carbocycles. The highest BCUT2D eigenvalue weighted by Gasteiger charge is 2.06. The zero-order valence-corrected chi connectivity index (χ0v) is 11.4. The predicted molar refractivity (Wildman–Crippen MR) is 79.3 cm³/mol. The van der Waals surface area contributed by atoms with Crippen molar-refractivity contribution in [3.63, 3.8) is 0 Å². The summed E-state index contributed by atoms with van der Waals surface area (Å²) in [5, 5.41) is 3.13. The van der Waals surface area contributed by atoms with E-state index in [1.54, 1.807) is 19.4 Å². The number of hydrogen-bond acceptors (Lipinski definition) is 6. The van der Waals surface area contributed by atoms with Gasteiger partial charge in [0.05, 0.1) is 7.11 Å². The molecule has 2 heterocycles. The molecule has 2 aromatic heterocycles. The zero-order valence-electron chi connectivity index (χ0n) is 11.4. The van der Waals surface area contributed by atoms with Crippen molar-refractivity contribution in [1.82, 2.24) is 19.9 Å². The highest BCUT2D eigenvalue weighted by molar-refractivity contribution is 5.59. The number of benzene rings is 1. The first kappa shape index (κ1) is 13.0. The molecule has 0 unspecified atom stereocenters. The number of anilines is 2. The molecule has 0 fully saturated rings. The lowest BCUT2D eigenvalue weighted by atomic mass is 10.2. The van der Waals surface area contributed by atoms with E-state index in [-0.39, 0.29) is 0 Å². The molecule has 0 aliphatic carbocycles. The van der Waals surface area contributed by atoms with Crippen LogP contribution in [0.2, 0.25) is 0 Å². The fourth-order valence-corrected chi connectivity index (χ4v) is 1.81. The van der Waals surface area contributed by atoms with Gasteiger partial charge in [-0.25, -0.2) is 15.0 Å². The molecule has 0 saturated heterocycles. The Morgan fingerprint density at radius 1 is 1.00 bits per heavy atom. The van der Waals surface area contributed by atoms with Crippen LogP contribution in [0.5, 0.6) is 5.88 Å². The molecule has 3 rings (SSSR count). The van der Waals surface area contributed by atoms with Gasteiger partial charge in [-0.2, -0.15) is 4.98 Å². The van der Waals surface area contributed by atoms with Crippen LogP contribution in [-0.2, 0) is 0 Å². The standard InChI is InChI=1S/C15H13N5O/c1-21-13-9-11(7-8-16-13)14-17-10-18-15(20-14)19-12-5-3-2-4-6-12/h2-10H,1H3,(H,17,18,19,20). The highest BCUT2D eigenvalue weighted by atomic mass is 16.5. The summed E-state index contributed by atoms with van der Waals surface area (Å²) in [7, 11) is 1.57. The van der Waals surface area contributed by atoms with Gasteiger partial charge in [-0.15, -0.1) is 0 Å². The number of para-hydroxylation sites is 1. The average Bonchev–Trinajstić information content (AvgIpc) is 2.56. The van der Waals surface area contributed by atoms with Crippen LogP contribution in [0.15, 0.2) is 55.0 Å². The molecule has 0 bridgehead atoms. The lowest BCUT2D eigenvalue weighted by molar-refractivity contribution is 0.398. The van der Waals surface area contributed by atoms with Gasteiger partial charge in [0.1, 0.15) is 6.33 Å². The summed E-state index contributed by atoms with van der Waals surface area (Å²) in [4.78, 5) is 16.8. The maximum Gasteiger partial charge on any atom is 0.230 e. The Bertz CT molecular complexity index is 733. The lowest BCUT2D eigenvalue weighted by Gasteiger charge is -2.06. The second kappa shape index (κ2) is 5.96. The number of aromatic nitrogens is 4. The fourth-order valence-electron chi connectivity index (χ4n) is 1.81. The van der Waals surface area contributed by atoms with Crippen molar-refractivity contribution >= 4 is 11.6 Å². The summed E-state index contributed by atoms with van der Waals surface area (Å²) in [6, 6.07) is 13.3. The Morgan fingerprint density at radius 2 is 1.86 bits per heavy atom. The summed E-state index contributed by atoms with van der Waals surface area (Å²) in [5.41, 5.74) is 1.74. The summed E-state index contributed by atoms with van der Waals surface area (Å²) in [6.07, 6.45) is 3.13. The Hall–Kier alpha value is -3.02. The minimum Gasteiger partial charge on any atom is -0.481 e. The van der Waals surface area contributed by atoms with Crippen molar-refractivity contribution in [3.8, 4) is 17.3 Å². The van der Waals surface area contributed by atoms with Crippen molar-refractivity contribution in [1.29, 1.82) is 0 Å². The Morgan fingerprint density at radius 3 is 2.67 bits per heavy atom. The van der Waals surface area contributed by atoms with E-state index in [2.05, 4.69) is 25.3 Å². The van der Waals surface area contributed by atoms with Gasteiger partial charge in [-0.1, -0.05) is 18.2 Å². The molecular weight excluding hydrogens is 266 g/mol. The number of hydrogen-bond donors (Lipinski definition) is 1. The normalized spacial score (nSPS) is 10.1. The van der Waals surface area contributed by atoms with Crippen molar-refractivity contribution < 1.29 is 4.74 Å². The van der Waals surface area contributed by atoms with Crippen LogP contribution in [0.3, 0.4) is 0 Å². The minimum atomic E-state index is 0.488. The van der Waals surface area contributed by atoms with Gasteiger partial charge in [0.15, 0.2) is 5.82 Å². The highest BCUT2D eigenvalue weighted by Crippen LogP contribution is 2.19. The summed E-state index contributed by atoms with van der Waals surface area (Å²) in [6.45, 7) is 0. The van der Waals surface area contributed by atoms with Crippen LogP contribution in [0.1, 0.15) is 0 Å². The number of nitrogens with zero attached hydrogens (tertiary/aromatic N) is 4. The molecule has 0 amide bonds. The van der Waals surface area contributed by atoms with E-state index in [0.29, 0.717) is 17.7 Å². The second-order valence-electron chi connectivity index (χ2n) is 4.21. The van der Waals surface area contributed by atoms with Crippen LogP contribution < -0.4 is 10.1 Å². The average molecular weight is 279 g/mol. The van der Waals surface area contributed by atoms with Crippen LogP contribution in [-0.4, -0.2) is 27.0 Å². The molecule has 0 atom stereocenters. The molecule has 0 radical (unpaired) electrons. The van der Waals surface area contributed by atoms with Gasteiger partial charge >= 0.3 is 0 Å². The van der Waals surface area contributed by atoms with Crippen LogP contribution in [0.25, 0.3) is 11.4 Å². The Labute approximate surface area is 121 Å². The molecule has 0 aliphatic rings. The van der Waals surface area contributed by atoms with Crippen molar-refractivity contribution in [3.05, 3.63) is 55.0 Å². The van der Waals surface area contributed by atoms with Crippen LogP contribution in [0.4, 0.5) is 11.6 Å². The maximum atomic E-state index is 5.10. The molecule has 1 aromatic carbocycles. The van der Waals surface area contributed by atoms with E-state index in [4.69, 9.17) is 4.74 Å². The molecule has 21 heavy (non-hydrogen) atoms. The van der Waals surface area contributed by atoms with Crippen molar-refractivity contribution in [2.24, 2.45) is 0 Å². The quantitative estimate of drug-likeness (QED) is 0.791. The van der Waals surface area contributed by atoms with E-state index in [1.165, 1.54) is 6.33 Å². The smallest absolute Gasteiger partial charge is 0.230 e. The van der Waals surface area contributed by atoms with Crippen LogP contribution >= 0.6 is 0 Å². The van der Waals surface area contributed by atoms with Gasteiger partial charge < -0.3 is 10.1 Å². The summed E-state index contributed by atoms with van der Waals surface area (Å²) in [5.74, 6) is 1.57. The third kappa shape index (κ3) is 3.11. The number of nitrogens with one attached hydrogen (secondary N) is 1. The number of methoxy groups -OCH3 is 1. The molecule has 0 spiro atoms. The molecular formula is C15H13N5O. The van der Waals surface area contributed by atoms with E-state index in [1.807, 2.05) is 36.4 Å². The number of rotatable bonds is 4. The van der Waals surface area contributed by atoms with Gasteiger partial charge in [0.2, 0.25) is 11.8 Å². The molecule has 0 aliphatic heterocycles. The SMILES string of the molecule is COc1cc(-c2ncnc(Nc3ccccc3)n2)ccn1. The fraction of sp³-hybridized carbons (Fsp3) is 0.0667. The number of pyridine rings is 1. The van der Waals surface area contributed by atoms with E-state index < -0.39 is 0 Å². The minimum absolute atomic E-state index is 0.488. The summed E-state index contributed by atoms with van der Waals surface area (Å²) < 4.78 is 5.10. The van der Waals surface area contributed by atoms with Crippen molar-refractivity contribution in [2.75, 3.05) is 12.4 Å². The lowest BCUT2D eigenvalue weighted by Crippen LogP contribution is -2.00. The third-order valence-corrected chi connectivity index (χ3v) is 2.80. The Kier molecular flexibility index (Phi) is 3.68. The third-order valence-electron chi connectivity index (χ3n) is 2.80. The first-order chi connectivity index (χ1) is 10.3. The zero-order chi connectivity index (χ0) is 14.5. The molecule has 104 valence electrons. The second-order valence-corrected chi connectivity index (χ2v) is 4.21. The van der Waals surface area contributed by atoms with Gasteiger partial charge in [0.25, 0.3) is 0 Å².